The van der Waals surface area contributed by atoms with Crippen molar-refractivity contribution < 1.29 is 9.84 Å². The smallest absolute Gasteiger partial charge is 0.0501 e. The van der Waals surface area contributed by atoms with Gasteiger partial charge in [-0.1, -0.05) is 6.92 Å². The molecule has 2 saturated heterocycles. The van der Waals surface area contributed by atoms with Gasteiger partial charge in [-0.05, 0) is 26.2 Å². The molecule has 0 aromatic rings. The zero-order chi connectivity index (χ0) is 13.7. The normalized spacial score (nSPS) is 27.3. The maximum atomic E-state index is 9.76. The van der Waals surface area contributed by atoms with Gasteiger partial charge in [-0.3, -0.25) is 4.90 Å². The minimum atomic E-state index is 0.0940. The summed E-state index contributed by atoms with van der Waals surface area (Å²) >= 11 is 0. The van der Waals surface area contributed by atoms with Crippen LogP contribution in [0.2, 0.25) is 0 Å². The maximum Gasteiger partial charge on any atom is 0.0501 e. The van der Waals surface area contributed by atoms with Crippen molar-refractivity contribution in [3.8, 4) is 0 Å². The summed E-state index contributed by atoms with van der Waals surface area (Å²) in [5.74, 6) is 0. The molecule has 2 rings (SSSR count). The van der Waals surface area contributed by atoms with Crippen LogP contribution in [0.3, 0.4) is 0 Å². The van der Waals surface area contributed by atoms with Crippen LogP contribution in [0.4, 0.5) is 0 Å². The van der Waals surface area contributed by atoms with Crippen LogP contribution in [0.1, 0.15) is 33.1 Å². The standard InChI is InChI=1S/C15H30N2O2/c1-3-14(2)17-8-6-16(7-9-17)12-15(13-18)4-10-19-11-5-15/h14,18H,3-13H2,1-2H3. The van der Waals surface area contributed by atoms with Crippen molar-refractivity contribution in [2.45, 2.75) is 39.2 Å². The highest BCUT2D eigenvalue weighted by Gasteiger charge is 2.34. The van der Waals surface area contributed by atoms with Crippen molar-refractivity contribution in [3.63, 3.8) is 0 Å². The average Bonchev–Trinajstić information content (AvgIpc) is 2.48. The van der Waals surface area contributed by atoms with Crippen LogP contribution in [0.25, 0.3) is 0 Å². The van der Waals surface area contributed by atoms with Gasteiger partial charge in [-0.25, -0.2) is 0 Å². The van der Waals surface area contributed by atoms with E-state index in [9.17, 15) is 5.11 Å². The van der Waals surface area contributed by atoms with Crippen molar-refractivity contribution in [1.82, 2.24) is 9.80 Å². The van der Waals surface area contributed by atoms with E-state index >= 15 is 0 Å². The van der Waals surface area contributed by atoms with Gasteiger partial charge in [0.25, 0.3) is 0 Å². The van der Waals surface area contributed by atoms with Crippen molar-refractivity contribution in [2.24, 2.45) is 5.41 Å². The molecule has 0 spiro atoms. The van der Waals surface area contributed by atoms with Gasteiger partial charge in [-0.2, -0.15) is 0 Å². The largest absolute Gasteiger partial charge is 0.396 e. The van der Waals surface area contributed by atoms with Crippen LogP contribution >= 0.6 is 0 Å². The third-order valence-electron chi connectivity index (χ3n) is 5.07. The second-order valence-electron chi connectivity index (χ2n) is 6.34. The Morgan fingerprint density at radius 3 is 2.32 bits per heavy atom. The maximum absolute atomic E-state index is 9.76. The quantitative estimate of drug-likeness (QED) is 0.814. The number of ether oxygens (including phenoxy) is 1. The van der Waals surface area contributed by atoms with E-state index in [1.807, 2.05) is 0 Å². The SMILES string of the molecule is CCC(C)N1CCN(CC2(CO)CCOCC2)CC1. The lowest BCUT2D eigenvalue weighted by Crippen LogP contribution is -2.53. The highest BCUT2D eigenvalue weighted by molar-refractivity contribution is 4.87. The molecule has 0 bridgehead atoms. The average molecular weight is 270 g/mol. The molecule has 1 unspecified atom stereocenters. The summed E-state index contributed by atoms with van der Waals surface area (Å²) in [6.45, 7) is 12.2. The molecular formula is C15H30N2O2. The summed E-state index contributed by atoms with van der Waals surface area (Å²) < 4.78 is 5.44. The third-order valence-corrected chi connectivity index (χ3v) is 5.07. The van der Waals surface area contributed by atoms with Crippen molar-refractivity contribution in [1.29, 1.82) is 0 Å². The number of aliphatic hydroxyl groups excluding tert-OH is 1. The zero-order valence-electron chi connectivity index (χ0n) is 12.6. The van der Waals surface area contributed by atoms with Gasteiger partial charge < -0.3 is 14.7 Å². The third kappa shape index (κ3) is 3.91. The Morgan fingerprint density at radius 2 is 1.79 bits per heavy atom. The number of hydrogen-bond acceptors (Lipinski definition) is 4. The van der Waals surface area contributed by atoms with Crippen LogP contribution in [0, 0.1) is 5.41 Å². The van der Waals surface area contributed by atoms with Crippen LogP contribution in [0.15, 0.2) is 0 Å². The first-order valence-electron chi connectivity index (χ1n) is 7.84. The number of hydrogen-bond donors (Lipinski definition) is 1. The number of rotatable bonds is 5. The van der Waals surface area contributed by atoms with E-state index in [2.05, 4.69) is 23.6 Å². The fraction of sp³-hybridized carbons (Fsp3) is 1.00. The van der Waals surface area contributed by atoms with Gasteiger partial charge in [0.05, 0.1) is 6.61 Å². The molecule has 0 radical (unpaired) electrons. The molecule has 1 atom stereocenters. The summed E-state index contributed by atoms with van der Waals surface area (Å²) in [6, 6.07) is 0.706. The van der Waals surface area contributed by atoms with E-state index in [0.717, 1.165) is 45.7 Å². The van der Waals surface area contributed by atoms with E-state index in [0.29, 0.717) is 12.6 Å². The molecule has 1 N–H and O–H groups in total. The van der Waals surface area contributed by atoms with Crippen LogP contribution in [-0.2, 0) is 4.74 Å². The van der Waals surface area contributed by atoms with Crippen molar-refractivity contribution in [3.05, 3.63) is 0 Å². The van der Waals surface area contributed by atoms with Crippen molar-refractivity contribution in [2.75, 3.05) is 52.5 Å². The fourth-order valence-electron chi connectivity index (χ4n) is 3.27. The van der Waals surface area contributed by atoms with E-state index in [-0.39, 0.29) is 5.41 Å². The first-order valence-corrected chi connectivity index (χ1v) is 7.84. The predicted octanol–water partition coefficient (Wildman–Crippen LogP) is 1.19. The summed E-state index contributed by atoms with van der Waals surface area (Å²) in [5.41, 5.74) is 0.0940. The molecule has 0 saturated carbocycles. The van der Waals surface area contributed by atoms with Crippen LogP contribution in [-0.4, -0.2) is 73.5 Å². The molecule has 0 amide bonds. The Labute approximate surface area is 117 Å². The molecule has 0 aromatic carbocycles. The molecule has 2 aliphatic rings. The Bertz CT molecular complexity index is 259. The number of aliphatic hydroxyl groups is 1. The molecule has 4 nitrogen and oxygen atoms in total. The highest BCUT2D eigenvalue weighted by Crippen LogP contribution is 2.31. The molecule has 2 fully saturated rings. The minimum absolute atomic E-state index is 0.0940. The minimum Gasteiger partial charge on any atom is -0.396 e. The first kappa shape index (κ1) is 15.2. The molecule has 4 heteroatoms. The summed E-state index contributed by atoms with van der Waals surface area (Å²) in [5, 5.41) is 9.76. The Balaban J connectivity index is 1.81. The lowest BCUT2D eigenvalue weighted by atomic mass is 9.80. The van der Waals surface area contributed by atoms with Gasteiger partial charge in [-0.15, -0.1) is 0 Å². The van der Waals surface area contributed by atoms with E-state index in [1.165, 1.54) is 19.5 Å². The Morgan fingerprint density at radius 1 is 1.16 bits per heavy atom. The van der Waals surface area contributed by atoms with Gasteiger partial charge in [0.1, 0.15) is 0 Å². The molecule has 0 aromatic heterocycles. The summed E-state index contributed by atoms with van der Waals surface area (Å²) in [7, 11) is 0. The molecule has 112 valence electrons. The fourth-order valence-corrected chi connectivity index (χ4v) is 3.27. The first-order chi connectivity index (χ1) is 9.19. The van der Waals surface area contributed by atoms with Gasteiger partial charge in [0.2, 0.25) is 0 Å². The van der Waals surface area contributed by atoms with Gasteiger partial charge >= 0.3 is 0 Å². The Hall–Kier alpha value is -0.160. The summed E-state index contributed by atoms with van der Waals surface area (Å²) in [6.07, 6.45) is 3.25. The molecule has 0 aliphatic carbocycles. The summed E-state index contributed by atoms with van der Waals surface area (Å²) in [4.78, 5) is 5.13. The monoisotopic (exact) mass is 270 g/mol. The topological polar surface area (TPSA) is 35.9 Å². The van der Waals surface area contributed by atoms with Gasteiger partial charge in [0.15, 0.2) is 0 Å². The molecule has 2 heterocycles. The molecule has 2 aliphatic heterocycles. The number of nitrogens with zero attached hydrogens (tertiary/aromatic N) is 2. The Kier molecular flexibility index (Phi) is 5.63. The number of piperazine rings is 1. The lowest BCUT2D eigenvalue weighted by Gasteiger charge is -2.43. The van der Waals surface area contributed by atoms with Crippen LogP contribution in [0.5, 0.6) is 0 Å². The molecule has 19 heavy (non-hydrogen) atoms. The second kappa shape index (κ2) is 7.02. The van der Waals surface area contributed by atoms with E-state index in [1.54, 1.807) is 0 Å². The highest BCUT2D eigenvalue weighted by atomic mass is 16.5. The van der Waals surface area contributed by atoms with E-state index in [4.69, 9.17) is 4.74 Å². The predicted molar refractivity (Wildman–Crippen MR) is 77.3 cm³/mol. The lowest BCUT2D eigenvalue weighted by molar-refractivity contribution is -0.0419. The van der Waals surface area contributed by atoms with Crippen molar-refractivity contribution >= 4 is 0 Å². The van der Waals surface area contributed by atoms with Gasteiger partial charge in [0, 0.05) is 57.4 Å². The van der Waals surface area contributed by atoms with E-state index < -0.39 is 0 Å². The van der Waals surface area contributed by atoms with Crippen LogP contribution < -0.4 is 0 Å². The second-order valence-corrected chi connectivity index (χ2v) is 6.34. The molecular weight excluding hydrogens is 240 g/mol. The zero-order valence-corrected chi connectivity index (χ0v) is 12.6.